The van der Waals surface area contributed by atoms with Crippen molar-refractivity contribution in [3.63, 3.8) is 0 Å². The largest absolute Gasteiger partial charge is 0.489 e. The maximum atomic E-state index is 14.2. The minimum absolute atomic E-state index is 0.208. The van der Waals surface area contributed by atoms with Gasteiger partial charge >= 0.3 is 12.2 Å². The molecule has 342 valence electrons. The molecule has 0 saturated carbocycles. The summed E-state index contributed by atoms with van der Waals surface area (Å²) in [6, 6.07) is 32.3. The third-order valence-corrected chi connectivity index (χ3v) is 12.3. The van der Waals surface area contributed by atoms with Crippen LogP contribution in [-0.4, -0.2) is 99.3 Å². The molecule has 4 aromatic carbocycles. The molecule has 4 amide bonds. The lowest BCUT2D eigenvalue weighted by atomic mass is 10.0. The molecule has 2 aliphatic heterocycles. The van der Waals surface area contributed by atoms with E-state index < -0.39 is 30.4 Å². The van der Waals surface area contributed by atoms with E-state index >= 15 is 0 Å². The Bertz CT molecular complexity index is 2600. The maximum absolute atomic E-state index is 14.2. The fourth-order valence-electron chi connectivity index (χ4n) is 8.68. The van der Waals surface area contributed by atoms with E-state index in [9.17, 15) is 19.2 Å². The van der Waals surface area contributed by atoms with Gasteiger partial charge in [0.2, 0.25) is 12.0 Å². The number of nitrogens with zero attached hydrogens (tertiary/aromatic N) is 4. The summed E-state index contributed by atoms with van der Waals surface area (Å²) in [7, 11) is 2.73. The highest BCUT2D eigenvalue weighted by Gasteiger charge is 2.40. The molecule has 5 N–H and O–H groups in total. The van der Waals surface area contributed by atoms with Crippen LogP contribution in [0.4, 0.5) is 9.59 Å². The van der Waals surface area contributed by atoms with Crippen LogP contribution in [0.5, 0.6) is 5.75 Å². The number of imidazole rings is 2. The Kier molecular flexibility index (Phi) is 14.1. The molecular weight excluding hydrogens is 841 g/mol. The van der Waals surface area contributed by atoms with Crippen molar-refractivity contribution in [2.45, 2.75) is 76.0 Å². The lowest BCUT2D eigenvalue weighted by Crippen LogP contribution is -2.49. The van der Waals surface area contributed by atoms with E-state index in [4.69, 9.17) is 29.7 Å². The molecule has 2 aromatic heterocycles. The third kappa shape index (κ3) is 10.4. The molecule has 16 nitrogen and oxygen atoms in total. The minimum Gasteiger partial charge on any atom is -0.489 e. The molecule has 5 atom stereocenters. The zero-order valence-corrected chi connectivity index (χ0v) is 37.1. The number of nitrogens with one attached hydrogen (secondary N) is 3. The summed E-state index contributed by atoms with van der Waals surface area (Å²) < 4.78 is 21.3. The number of hydrogen-bond donors (Lipinski definition) is 4. The van der Waals surface area contributed by atoms with Gasteiger partial charge in [-0.3, -0.25) is 9.59 Å². The summed E-state index contributed by atoms with van der Waals surface area (Å²) in [5.74, 6) is 1.46. The Morgan fingerprint density at radius 2 is 1.24 bits per heavy atom. The van der Waals surface area contributed by atoms with Crippen molar-refractivity contribution in [2.24, 2.45) is 5.73 Å². The van der Waals surface area contributed by atoms with Crippen molar-refractivity contribution in [2.75, 3.05) is 27.3 Å². The number of hydrogen-bond acceptors (Lipinski definition) is 10. The average Bonchev–Trinajstić information content (AvgIpc) is 4.20. The summed E-state index contributed by atoms with van der Waals surface area (Å²) in [6.07, 6.45) is 3.28. The van der Waals surface area contributed by atoms with Crippen LogP contribution < -0.4 is 15.8 Å². The van der Waals surface area contributed by atoms with Crippen LogP contribution >= 0.6 is 0 Å². The zero-order chi connectivity index (χ0) is 46.2. The van der Waals surface area contributed by atoms with Gasteiger partial charge in [-0.05, 0) is 78.1 Å². The predicted octanol–water partition coefficient (Wildman–Crippen LogP) is 7.51. The first-order valence-electron chi connectivity index (χ1n) is 22.1. The summed E-state index contributed by atoms with van der Waals surface area (Å²) >= 11 is 0. The number of benzene rings is 4. The van der Waals surface area contributed by atoms with E-state index in [-0.39, 0.29) is 30.3 Å². The van der Waals surface area contributed by atoms with Crippen molar-refractivity contribution in [3.05, 3.63) is 138 Å². The number of aromatic nitrogens is 4. The van der Waals surface area contributed by atoms with Gasteiger partial charge in [0.05, 0.1) is 43.0 Å². The number of aromatic amines is 2. The molecule has 8 rings (SSSR count). The molecule has 0 radical (unpaired) electrons. The minimum atomic E-state index is -1.16. The number of amides is 4. The Morgan fingerprint density at radius 1 is 0.712 bits per heavy atom. The topological polar surface area (TPSA) is 207 Å². The highest BCUT2D eigenvalue weighted by molar-refractivity contribution is 5.87. The average molecular weight is 895 g/mol. The van der Waals surface area contributed by atoms with E-state index in [1.807, 2.05) is 91.0 Å². The van der Waals surface area contributed by atoms with E-state index in [1.165, 1.54) is 14.2 Å². The van der Waals surface area contributed by atoms with Crippen molar-refractivity contribution in [1.82, 2.24) is 35.1 Å². The highest BCUT2D eigenvalue weighted by atomic mass is 16.6. The molecule has 66 heavy (non-hydrogen) atoms. The standard InChI is InChI=1S/C50H54N8O8/c1-31(63-2)44(66-49(51)61)48(60)58-26-8-12-43(58)46-53-29-41(55-46)37-21-17-35(18-22-37)34-15-19-36(20-16-34)40-28-52-45(54-40)42-11-7-25-57(42)47(59)39(56-50(62)64-3)27-32-13-23-38(24-14-32)65-30-33-9-5-4-6-10-33/h4-6,9-10,13-24,28-29,31,39,42-44H,7-8,11-12,25-27,30H2,1-3H3,(H2,51,61)(H,52,54)(H,53,55)(H,56,62)/t31-,39+,42+,43+,44+/m1/s1. The molecule has 2 aliphatic rings. The highest BCUT2D eigenvalue weighted by Crippen LogP contribution is 2.35. The second kappa shape index (κ2) is 20.6. The molecule has 2 saturated heterocycles. The predicted molar refractivity (Wildman–Crippen MR) is 246 cm³/mol. The number of H-pyrrole nitrogens is 2. The number of alkyl carbamates (subject to hydrolysis) is 1. The number of carbonyl (C=O) groups is 4. The maximum Gasteiger partial charge on any atom is 0.407 e. The summed E-state index contributed by atoms with van der Waals surface area (Å²) in [6.45, 7) is 3.12. The molecule has 4 heterocycles. The van der Waals surface area contributed by atoms with Crippen LogP contribution in [-0.2, 0) is 36.8 Å². The molecule has 2 fully saturated rings. The van der Waals surface area contributed by atoms with Crippen LogP contribution in [0.1, 0.15) is 67.5 Å². The Balaban J connectivity index is 0.896. The van der Waals surface area contributed by atoms with E-state index in [1.54, 1.807) is 29.1 Å². The molecule has 0 aliphatic carbocycles. The molecule has 0 bridgehead atoms. The van der Waals surface area contributed by atoms with Crippen molar-refractivity contribution in [3.8, 4) is 39.4 Å². The van der Waals surface area contributed by atoms with Gasteiger partial charge in [0.1, 0.15) is 36.2 Å². The van der Waals surface area contributed by atoms with Gasteiger partial charge in [0, 0.05) is 26.6 Å². The van der Waals surface area contributed by atoms with E-state index in [0.29, 0.717) is 43.5 Å². The summed E-state index contributed by atoms with van der Waals surface area (Å²) in [5.41, 5.74) is 12.8. The first-order valence-corrected chi connectivity index (χ1v) is 22.1. The first-order chi connectivity index (χ1) is 32.1. The summed E-state index contributed by atoms with van der Waals surface area (Å²) in [5, 5.41) is 2.77. The quantitative estimate of drug-likeness (QED) is 0.0752. The van der Waals surface area contributed by atoms with Crippen LogP contribution in [0, 0.1) is 0 Å². The smallest absolute Gasteiger partial charge is 0.407 e. The molecular formula is C50H54N8O8. The fourth-order valence-corrected chi connectivity index (χ4v) is 8.68. The molecule has 6 aromatic rings. The number of likely N-dealkylation sites (tertiary alicyclic amines) is 2. The van der Waals surface area contributed by atoms with Crippen molar-refractivity contribution in [1.29, 1.82) is 0 Å². The number of methoxy groups -OCH3 is 2. The Morgan fingerprint density at radius 3 is 1.76 bits per heavy atom. The number of nitrogens with two attached hydrogens (primary N) is 1. The van der Waals surface area contributed by atoms with Crippen LogP contribution in [0.15, 0.2) is 116 Å². The lowest BCUT2D eigenvalue weighted by Gasteiger charge is -2.29. The summed E-state index contributed by atoms with van der Waals surface area (Å²) in [4.78, 5) is 71.4. The van der Waals surface area contributed by atoms with Crippen molar-refractivity contribution >= 4 is 24.0 Å². The normalized spacial score (nSPS) is 17.2. The number of carbonyl (C=O) groups excluding carboxylic acids is 4. The van der Waals surface area contributed by atoms with Gasteiger partial charge in [-0.25, -0.2) is 19.6 Å². The van der Waals surface area contributed by atoms with Crippen LogP contribution in [0.25, 0.3) is 33.6 Å². The second-order valence-electron chi connectivity index (χ2n) is 16.5. The second-order valence-corrected chi connectivity index (χ2v) is 16.5. The first kappa shape index (κ1) is 45.1. The van der Waals surface area contributed by atoms with Gasteiger partial charge in [0.25, 0.3) is 5.91 Å². The number of ether oxygens (including phenoxy) is 4. The fraction of sp³-hybridized carbons (Fsp3) is 0.320. The zero-order valence-electron chi connectivity index (χ0n) is 37.1. The third-order valence-electron chi connectivity index (χ3n) is 12.3. The Labute approximate surface area is 382 Å². The van der Waals surface area contributed by atoms with Crippen LogP contribution in [0.2, 0.25) is 0 Å². The van der Waals surface area contributed by atoms with Gasteiger partial charge in [-0.2, -0.15) is 0 Å². The lowest BCUT2D eigenvalue weighted by molar-refractivity contribution is -0.148. The van der Waals surface area contributed by atoms with Gasteiger partial charge < -0.3 is 49.8 Å². The van der Waals surface area contributed by atoms with Gasteiger partial charge in [-0.15, -0.1) is 0 Å². The van der Waals surface area contributed by atoms with Gasteiger partial charge in [-0.1, -0.05) is 91.0 Å². The molecule has 0 spiro atoms. The van der Waals surface area contributed by atoms with E-state index in [2.05, 4.69) is 32.4 Å². The number of rotatable bonds is 16. The molecule has 16 heteroatoms. The van der Waals surface area contributed by atoms with Gasteiger partial charge in [0.15, 0.2) is 0 Å². The van der Waals surface area contributed by atoms with Crippen molar-refractivity contribution < 1.29 is 38.1 Å². The number of primary amides is 1. The monoisotopic (exact) mass is 894 g/mol. The van der Waals surface area contributed by atoms with Crippen LogP contribution in [0.3, 0.4) is 0 Å². The van der Waals surface area contributed by atoms with E-state index in [0.717, 1.165) is 64.0 Å². The SMILES string of the molecule is COC(=O)N[C@@H](Cc1ccc(OCc2ccccc2)cc1)C(=O)N1CCC[C@H]1c1ncc(-c2ccc(-c3ccc(-c4cnc([C@@H]5CCCN5C(=O)[C@@H](OC(N)=O)[C@@H](C)OC)[nH]4)cc3)cc2)[nH]1. The molecule has 0 unspecified atom stereocenters. The Hall–Kier alpha value is -7.46.